The van der Waals surface area contributed by atoms with Gasteiger partial charge in [-0.15, -0.1) is 0 Å². The molecule has 0 spiro atoms. The van der Waals surface area contributed by atoms with Crippen LogP contribution in [0.15, 0.2) is 18.2 Å². The van der Waals surface area contributed by atoms with E-state index >= 15 is 0 Å². The molecule has 0 atom stereocenters. The average molecular weight is 222 g/mol. The average Bonchev–Trinajstić information content (AvgIpc) is 2.20. The minimum absolute atomic E-state index is 0.0540. The zero-order valence-electron chi connectivity index (χ0n) is 7.93. The van der Waals surface area contributed by atoms with Crippen molar-refractivity contribution in [3.8, 4) is 11.8 Å². The van der Waals surface area contributed by atoms with Crippen LogP contribution in [0, 0.1) is 22.0 Å². The Hall–Kier alpha value is -1.67. The normalized spacial score (nSPS) is 9.13. The summed E-state index contributed by atoms with van der Waals surface area (Å²) in [5, 5.41) is 10.7. The lowest BCUT2D eigenvalue weighted by molar-refractivity contribution is -0.385. The van der Waals surface area contributed by atoms with Gasteiger partial charge >= 0.3 is 0 Å². The molecule has 1 rings (SSSR count). The van der Waals surface area contributed by atoms with Crippen LogP contribution >= 0.6 is 12.6 Å². The van der Waals surface area contributed by atoms with Crippen LogP contribution in [-0.2, 0) is 0 Å². The van der Waals surface area contributed by atoms with Gasteiger partial charge in [0.1, 0.15) is 5.56 Å². The highest BCUT2D eigenvalue weighted by molar-refractivity contribution is 7.80. The summed E-state index contributed by atoms with van der Waals surface area (Å²) in [6.45, 7) is 0. The molecule has 15 heavy (non-hydrogen) atoms. The molecule has 2 N–H and O–H groups in total. The quantitative estimate of drug-likeness (QED) is 0.264. The number of nitro groups is 1. The Bertz CT molecular complexity index is 435. The zero-order chi connectivity index (χ0) is 11.3. The molecule has 0 radical (unpaired) electrons. The number of rotatable bonds is 2. The van der Waals surface area contributed by atoms with Crippen molar-refractivity contribution in [2.24, 2.45) is 0 Å². The van der Waals surface area contributed by atoms with E-state index in [-0.39, 0.29) is 5.69 Å². The number of nitro benzene ring substituents is 1. The van der Waals surface area contributed by atoms with Crippen LogP contribution in [0.3, 0.4) is 0 Å². The third-order valence-electron chi connectivity index (χ3n) is 1.68. The zero-order valence-corrected chi connectivity index (χ0v) is 8.83. The predicted molar refractivity (Wildman–Crippen MR) is 62.9 cm³/mol. The van der Waals surface area contributed by atoms with E-state index in [1.54, 1.807) is 12.1 Å². The molecule has 0 aliphatic rings. The fraction of sp³-hybridized carbons (Fsp3) is 0.200. The lowest BCUT2D eigenvalue weighted by Gasteiger charge is -1.96. The summed E-state index contributed by atoms with van der Waals surface area (Å²) in [6.07, 6.45) is 0.602. The van der Waals surface area contributed by atoms with E-state index in [0.29, 0.717) is 23.4 Å². The Morgan fingerprint density at radius 3 is 2.87 bits per heavy atom. The Morgan fingerprint density at radius 1 is 1.53 bits per heavy atom. The van der Waals surface area contributed by atoms with E-state index in [1.165, 1.54) is 6.07 Å². The van der Waals surface area contributed by atoms with E-state index in [9.17, 15) is 10.1 Å². The Morgan fingerprint density at radius 2 is 2.27 bits per heavy atom. The molecule has 0 saturated carbocycles. The first-order valence-corrected chi connectivity index (χ1v) is 4.92. The van der Waals surface area contributed by atoms with Crippen molar-refractivity contribution >= 4 is 24.0 Å². The van der Waals surface area contributed by atoms with Gasteiger partial charge in [0.05, 0.1) is 4.92 Å². The molecule has 0 aliphatic heterocycles. The standard InChI is InChI=1S/C10H10N2O2S/c11-9-5-4-8(3-1-2-6-15)10(7-9)12(13)14/h4-5,7,15H,2,6,11H2. The molecule has 1 aromatic carbocycles. The number of thiol groups is 1. The Balaban J connectivity index is 3.08. The van der Waals surface area contributed by atoms with Crippen molar-refractivity contribution in [2.45, 2.75) is 6.42 Å². The van der Waals surface area contributed by atoms with Crippen molar-refractivity contribution in [2.75, 3.05) is 11.5 Å². The first-order chi connectivity index (χ1) is 7.15. The smallest absolute Gasteiger partial charge is 0.286 e. The molecule has 78 valence electrons. The number of nitrogen functional groups attached to an aromatic ring is 1. The fourth-order valence-electron chi connectivity index (χ4n) is 1.02. The van der Waals surface area contributed by atoms with Gasteiger partial charge in [-0.25, -0.2) is 0 Å². The van der Waals surface area contributed by atoms with Crippen molar-refractivity contribution in [1.82, 2.24) is 0 Å². The van der Waals surface area contributed by atoms with Crippen molar-refractivity contribution < 1.29 is 4.92 Å². The fourth-order valence-corrected chi connectivity index (χ4v) is 1.13. The van der Waals surface area contributed by atoms with Gasteiger partial charge < -0.3 is 5.73 Å². The molecular formula is C10H10N2O2S. The van der Waals surface area contributed by atoms with E-state index in [1.807, 2.05) is 0 Å². The summed E-state index contributed by atoms with van der Waals surface area (Å²) in [5.41, 5.74) is 6.15. The molecule has 0 bridgehead atoms. The Labute approximate surface area is 93.0 Å². The predicted octanol–water partition coefficient (Wildman–Crippen LogP) is 1.85. The van der Waals surface area contributed by atoms with Gasteiger partial charge in [0.25, 0.3) is 5.69 Å². The van der Waals surface area contributed by atoms with Crippen LogP contribution in [0.5, 0.6) is 0 Å². The van der Waals surface area contributed by atoms with Gasteiger partial charge in [-0.1, -0.05) is 11.8 Å². The first-order valence-electron chi connectivity index (χ1n) is 4.29. The van der Waals surface area contributed by atoms with Gasteiger partial charge in [0, 0.05) is 23.9 Å². The topological polar surface area (TPSA) is 69.2 Å². The summed E-state index contributed by atoms with van der Waals surface area (Å²) in [7, 11) is 0. The summed E-state index contributed by atoms with van der Waals surface area (Å²) < 4.78 is 0. The maximum absolute atomic E-state index is 10.7. The molecule has 5 heteroatoms. The molecular weight excluding hydrogens is 212 g/mol. The second kappa shape index (κ2) is 5.27. The van der Waals surface area contributed by atoms with Crippen molar-refractivity contribution in [3.63, 3.8) is 0 Å². The lowest BCUT2D eigenvalue weighted by Crippen LogP contribution is -1.94. The van der Waals surface area contributed by atoms with E-state index in [0.717, 1.165) is 0 Å². The van der Waals surface area contributed by atoms with E-state index in [4.69, 9.17) is 5.73 Å². The first kappa shape index (κ1) is 11.4. The molecule has 1 aromatic rings. The van der Waals surface area contributed by atoms with Crippen LogP contribution in [0.2, 0.25) is 0 Å². The number of hydrogen-bond acceptors (Lipinski definition) is 4. The van der Waals surface area contributed by atoms with Gasteiger partial charge in [-0.2, -0.15) is 12.6 Å². The van der Waals surface area contributed by atoms with Gasteiger partial charge in [0.2, 0.25) is 0 Å². The monoisotopic (exact) mass is 222 g/mol. The second-order valence-corrected chi connectivity index (χ2v) is 3.26. The Kier molecular flexibility index (Phi) is 4.01. The van der Waals surface area contributed by atoms with Gasteiger partial charge in [-0.05, 0) is 12.1 Å². The number of benzene rings is 1. The van der Waals surface area contributed by atoms with E-state index in [2.05, 4.69) is 24.5 Å². The number of nitrogens with zero attached hydrogens (tertiary/aromatic N) is 1. The highest BCUT2D eigenvalue weighted by Crippen LogP contribution is 2.20. The van der Waals surface area contributed by atoms with Crippen LogP contribution in [0.1, 0.15) is 12.0 Å². The molecule has 0 saturated heterocycles. The van der Waals surface area contributed by atoms with Gasteiger partial charge in [0.15, 0.2) is 0 Å². The highest BCUT2D eigenvalue weighted by atomic mass is 32.1. The van der Waals surface area contributed by atoms with Crippen LogP contribution in [0.4, 0.5) is 11.4 Å². The number of anilines is 1. The van der Waals surface area contributed by atoms with Crippen molar-refractivity contribution in [3.05, 3.63) is 33.9 Å². The number of hydrogen-bond donors (Lipinski definition) is 2. The second-order valence-electron chi connectivity index (χ2n) is 2.81. The maximum Gasteiger partial charge on any atom is 0.286 e. The minimum atomic E-state index is -0.485. The molecule has 0 aliphatic carbocycles. The molecule has 0 amide bonds. The van der Waals surface area contributed by atoms with E-state index < -0.39 is 4.92 Å². The maximum atomic E-state index is 10.7. The molecule has 0 heterocycles. The third kappa shape index (κ3) is 3.18. The SMILES string of the molecule is Nc1ccc(C#CCCS)c([N+](=O)[O-])c1. The lowest BCUT2D eigenvalue weighted by atomic mass is 10.1. The largest absolute Gasteiger partial charge is 0.399 e. The summed E-state index contributed by atoms with van der Waals surface area (Å²) in [4.78, 5) is 10.2. The van der Waals surface area contributed by atoms with Gasteiger partial charge in [-0.3, -0.25) is 10.1 Å². The number of nitrogens with two attached hydrogens (primary N) is 1. The van der Waals surface area contributed by atoms with Crippen LogP contribution in [0.25, 0.3) is 0 Å². The molecule has 0 aromatic heterocycles. The highest BCUT2D eigenvalue weighted by Gasteiger charge is 2.11. The molecule has 4 nitrogen and oxygen atoms in total. The third-order valence-corrected chi connectivity index (χ3v) is 1.90. The van der Waals surface area contributed by atoms with Crippen molar-refractivity contribution in [1.29, 1.82) is 0 Å². The van der Waals surface area contributed by atoms with Crippen LogP contribution < -0.4 is 5.73 Å². The molecule has 0 fully saturated rings. The molecule has 0 unspecified atom stereocenters. The summed E-state index contributed by atoms with van der Waals surface area (Å²) in [6, 6.07) is 4.46. The van der Waals surface area contributed by atoms with Crippen LogP contribution in [-0.4, -0.2) is 10.7 Å². The summed E-state index contributed by atoms with van der Waals surface area (Å²) >= 11 is 3.99. The minimum Gasteiger partial charge on any atom is -0.399 e. The summed E-state index contributed by atoms with van der Waals surface area (Å²) in [5.74, 6) is 6.16.